The van der Waals surface area contributed by atoms with Crippen molar-refractivity contribution >= 4 is 34.7 Å². The number of hydrogen-bond acceptors (Lipinski definition) is 4. The first-order chi connectivity index (χ1) is 8.24. The second-order valence-corrected chi connectivity index (χ2v) is 4.28. The largest absolute Gasteiger partial charge is 0.333 e. The summed E-state index contributed by atoms with van der Waals surface area (Å²) in [6.45, 7) is 3.87. The molecular formula is C11H12N4OS. The average Bonchev–Trinajstić information content (AvgIpc) is 2.97. The van der Waals surface area contributed by atoms with E-state index in [0.717, 1.165) is 9.88 Å². The molecule has 0 unspecified atom stereocenters. The minimum Gasteiger partial charge on any atom is -0.283 e. The van der Waals surface area contributed by atoms with Crippen LogP contribution in [0.25, 0.3) is 12.2 Å². The highest BCUT2D eigenvalue weighted by Gasteiger charge is 2.06. The number of carbonyl (C=O) groups excluding carboxylic acids is 1. The predicted molar refractivity (Wildman–Crippen MR) is 68.3 cm³/mol. The molecule has 2 aromatic heterocycles. The Morgan fingerprint density at radius 1 is 1.47 bits per heavy atom. The summed E-state index contributed by atoms with van der Waals surface area (Å²) in [4.78, 5) is 19.9. The van der Waals surface area contributed by atoms with E-state index in [1.165, 1.54) is 22.2 Å². The Balaban J connectivity index is 2.26. The first-order valence-electron chi connectivity index (χ1n) is 5.13. The van der Waals surface area contributed by atoms with Crippen molar-refractivity contribution in [1.29, 1.82) is 0 Å². The molecule has 0 spiro atoms. The zero-order valence-electron chi connectivity index (χ0n) is 9.54. The van der Waals surface area contributed by atoms with Gasteiger partial charge in [0.05, 0.1) is 9.88 Å². The van der Waals surface area contributed by atoms with Crippen LogP contribution in [0.3, 0.4) is 0 Å². The number of imidazole rings is 1. The van der Waals surface area contributed by atoms with Crippen LogP contribution in [0.5, 0.6) is 0 Å². The van der Waals surface area contributed by atoms with Crippen molar-refractivity contribution in [2.24, 2.45) is 0 Å². The highest BCUT2D eigenvalue weighted by Crippen LogP contribution is 2.04. The van der Waals surface area contributed by atoms with Crippen LogP contribution in [0, 0.1) is 0 Å². The van der Waals surface area contributed by atoms with Crippen molar-refractivity contribution in [3.8, 4) is 0 Å². The maximum absolute atomic E-state index is 11.7. The first-order valence-corrected chi connectivity index (χ1v) is 5.95. The van der Waals surface area contributed by atoms with Gasteiger partial charge >= 0.3 is 6.03 Å². The molecule has 17 heavy (non-hydrogen) atoms. The maximum atomic E-state index is 11.7. The van der Waals surface area contributed by atoms with E-state index in [-0.39, 0.29) is 6.03 Å². The molecule has 0 saturated carbocycles. The minimum absolute atomic E-state index is 0.262. The zero-order valence-corrected chi connectivity index (χ0v) is 10.4. The Hall–Kier alpha value is -1.95. The summed E-state index contributed by atoms with van der Waals surface area (Å²) in [6.07, 6.45) is 8.47. The number of thiazole rings is 1. The van der Waals surface area contributed by atoms with Crippen LogP contribution in [0.15, 0.2) is 18.7 Å². The summed E-state index contributed by atoms with van der Waals surface area (Å²) in [5, 5.41) is 4.20. The molecule has 6 heteroatoms. The van der Waals surface area contributed by atoms with Crippen molar-refractivity contribution in [3.05, 3.63) is 28.6 Å². The molecule has 2 heterocycles. The lowest BCUT2D eigenvalue weighted by atomic mass is 10.5. The topological polar surface area (TPSA) is 59.8 Å². The van der Waals surface area contributed by atoms with Crippen molar-refractivity contribution in [2.75, 3.05) is 5.32 Å². The number of hydrogen-bond donors (Lipinski definition) is 1. The number of anilines is 1. The van der Waals surface area contributed by atoms with Crippen molar-refractivity contribution in [2.45, 2.75) is 13.8 Å². The van der Waals surface area contributed by atoms with Crippen LogP contribution in [0.1, 0.15) is 13.8 Å². The van der Waals surface area contributed by atoms with Gasteiger partial charge in [-0.1, -0.05) is 23.5 Å². The number of carbonyl (C=O) groups is 1. The minimum atomic E-state index is -0.262. The molecule has 1 amide bonds. The number of rotatable bonds is 1. The molecule has 2 rings (SSSR count). The Bertz CT molecular complexity index is 595. The molecule has 0 aliphatic heterocycles. The summed E-state index contributed by atoms with van der Waals surface area (Å²) in [7, 11) is 0. The lowest BCUT2D eigenvalue weighted by Crippen LogP contribution is -2.20. The molecule has 0 bridgehead atoms. The van der Waals surface area contributed by atoms with E-state index < -0.39 is 0 Å². The van der Waals surface area contributed by atoms with E-state index in [1.54, 1.807) is 12.4 Å². The quantitative estimate of drug-likeness (QED) is 0.819. The van der Waals surface area contributed by atoms with E-state index in [2.05, 4.69) is 15.3 Å². The molecule has 0 aromatic carbocycles. The SMILES string of the molecule is CC=c1nc(NC(=O)n2ccnc2)sc1=CC. The molecule has 0 aliphatic rings. The normalized spacial score (nSPS) is 13.1. The van der Waals surface area contributed by atoms with Gasteiger partial charge in [-0.05, 0) is 13.8 Å². The summed E-state index contributed by atoms with van der Waals surface area (Å²) in [6, 6.07) is -0.262. The molecular weight excluding hydrogens is 236 g/mol. The van der Waals surface area contributed by atoms with E-state index in [1.807, 2.05) is 26.0 Å². The maximum Gasteiger partial charge on any atom is 0.333 e. The lowest BCUT2D eigenvalue weighted by molar-refractivity contribution is 0.253. The van der Waals surface area contributed by atoms with Gasteiger partial charge in [0.2, 0.25) is 0 Å². The van der Waals surface area contributed by atoms with Gasteiger partial charge in [0.15, 0.2) is 5.13 Å². The van der Waals surface area contributed by atoms with E-state index in [0.29, 0.717) is 5.13 Å². The predicted octanol–water partition coefficient (Wildman–Crippen LogP) is 1.02. The van der Waals surface area contributed by atoms with Gasteiger partial charge in [-0.3, -0.25) is 9.88 Å². The van der Waals surface area contributed by atoms with Crippen molar-refractivity contribution in [3.63, 3.8) is 0 Å². The lowest BCUT2D eigenvalue weighted by Gasteiger charge is -1.99. The van der Waals surface area contributed by atoms with Crippen LogP contribution >= 0.6 is 11.3 Å². The number of amides is 1. The third-order valence-electron chi connectivity index (χ3n) is 2.17. The van der Waals surface area contributed by atoms with Gasteiger partial charge in [0.1, 0.15) is 6.33 Å². The second-order valence-electron chi connectivity index (χ2n) is 3.25. The van der Waals surface area contributed by atoms with Crippen LogP contribution in [-0.4, -0.2) is 20.6 Å². The van der Waals surface area contributed by atoms with Crippen LogP contribution in [0.2, 0.25) is 0 Å². The van der Waals surface area contributed by atoms with Gasteiger partial charge in [0.25, 0.3) is 0 Å². The van der Waals surface area contributed by atoms with E-state index >= 15 is 0 Å². The Labute approximate surface area is 102 Å². The smallest absolute Gasteiger partial charge is 0.283 e. The highest BCUT2D eigenvalue weighted by molar-refractivity contribution is 7.13. The number of aromatic nitrogens is 3. The zero-order chi connectivity index (χ0) is 12.3. The third kappa shape index (κ3) is 2.42. The molecule has 0 saturated heterocycles. The summed E-state index contributed by atoms with van der Waals surface area (Å²) >= 11 is 1.45. The monoisotopic (exact) mass is 248 g/mol. The van der Waals surface area contributed by atoms with Gasteiger partial charge in [0, 0.05) is 12.4 Å². The summed E-state index contributed by atoms with van der Waals surface area (Å²) in [5.41, 5.74) is 0. The molecule has 88 valence electrons. The Morgan fingerprint density at radius 2 is 2.29 bits per heavy atom. The molecule has 0 atom stereocenters. The fourth-order valence-electron chi connectivity index (χ4n) is 1.35. The molecule has 0 aliphatic carbocycles. The van der Waals surface area contributed by atoms with Gasteiger partial charge in [-0.2, -0.15) is 0 Å². The fourth-order valence-corrected chi connectivity index (χ4v) is 2.22. The Morgan fingerprint density at radius 3 is 2.82 bits per heavy atom. The molecule has 0 radical (unpaired) electrons. The van der Waals surface area contributed by atoms with Crippen molar-refractivity contribution < 1.29 is 4.79 Å². The van der Waals surface area contributed by atoms with Crippen molar-refractivity contribution in [1.82, 2.24) is 14.5 Å². The van der Waals surface area contributed by atoms with E-state index in [4.69, 9.17) is 0 Å². The van der Waals surface area contributed by atoms with E-state index in [9.17, 15) is 4.79 Å². The van der Waals surface area contributed by atoms with Gasteiger partial charge < -0.3 is 0 Å². The van der Waals surface area contributed by atoms with Crippen LogP contribution in [-0.2, 0) is 0 Å². The third-order valence-corrected chi connectivity index (χ3v) is 3.22. The standard InChI is InChI=1S/C11H12N4OS/c1-3-8-9(4-2)17-10(13-8)14-11(16)15-6-5-12-7-15/h3-7H,1-2H3,(H,13,14,16). The average molecular weight is 248 g/mol. The Kier molecular flexibility index (Phi) is 3.34. The summed E-state index contributed by atoms with van der Waals surface area (Å²) < 4.78 is 2.42. The van der Waals surface area contributed by atoms with Gasteiger partial charge in [-0.15, -0.1) is 0 Å². The van der Waals surface area contributed by atoms with Crippen LogP contribution in [0.4, 0.5) is 9.93 Å². The second kappa shape index (κ2) is 4.92. The molecule has 5 nitrogen and oxygen atoms in total. The fraction of sp³-hybridized carbons (Fsp3) is 0.182. The molecule has 0 fully saturated rings. The highest BCUT2D eigenvalue weighted by atomic mass is 32.1. The first kappa shape index (κ1) is 11.5. The van der Waals surface area contributed by atoms with Crippen LogP contribution < -0.4 is 15.2 Å². The van der Waals surface area contributed by atoms with Gasteiger partial charge in [-0.25, -0.2) is 14.8 Å². The summed E-state index contributed by atoms with van der Waals surface area (Å²) in [5.74, 6) is 0. The molecule has 1 N–H and O–H groups in total. The molecule has 2 aromatic rings. The number of nitrogens with one attached hydrogen (secondary N) is 1. The number of nitrogens with zero attached hydrogens (tertiary/aromatic N) is 3.